The fraction of sp³-hybridized carbons (Fsp3) is 0.294. The predicted octanol–water partition coefficient (Wildman–Crippen LogP) is 6.37. The van der Waals surface area contributed by atoms with E-state index in [1.165, 1.54) is 0 Å². The van der Waals surface area contributed by atoms with E-state index in [9.17, 15) is 0 Å². The third kappa shape index (κ3) is 3.76. The van der Waals surface area contributed by atoms with E-state index in [2.05, 4.69) is 34.1 Å². The molecule has 0 nitrogen and oxygen atoms in total. The van der Waals surface area contributed by atoms with Gasteiger partial charge >= 0.3 is 0 Å². The first kappa shape index (κ1) is 17.1. The molecule has 0 fully saturated rings. The van der Waals surface area contributed by atoms with Gasteiger partial charge in [-0.2, -0.15) is 0 Å². The zero-order chi connectivity index (χ0) is 15.5. The highest BCUT2D eigenvalue weighted by atomic mass is 79.9. The molecule has 0 spiro atoms. The maximum atomic E-state index is 6.38. The molecular weight excluding hydrogens is 390 g/mol. The van der Waals surface area contributed by atoms with Gasteiger partial charge in [-0.1, -0.05) is 57.9 Å². The summed E-state index contributed by atoms with van der Waals surface area (Å²) >= 11 is 22.6. The SMILES string of the molecule is Cc1ccc(CC(CCl)(CCl)c2ccccc2Br)c(Cl)c1. The molecule has 0 N–H and O–H groups in total. The predicted molar refractivity (Wildman–Crippen MR) is 97.2 cm³/mol. The van der Waals surface area contributed by atoms with Crippen molar-refractivity contribution in [3.8, 4) is 0 Å². The lowest BCUT2D eigenvalue weighted by Crippen LogP contribution is -2.34. The Kier molecular flexibility index (Phi) is 6.02. The number of alkyl halides is 2. The number of rotatable bonds is 5. The fourth-order valence-electron chi connectivity index (χ4n) is 2.42. The van der Waals surface area contributed by atoms with Gasteiger partial charge in [-0.15, -0.1) is 23.2 Å². The number of aryl methyl sites for hydroxylation is 1. The molecule has 0 heterocycles. The Labute approximate surface area is 149 Å². The summed E-state index contributed by atoms with van der Waals surface area (Å²) in [5.74, 6) is 0.868. The lowest BCUT2D eigenvalue weighted by Gasteiger charge is -2.32. The molecule has 0 unspecified atom stereocenters. The Morgan fingerprint density at radius 2 is 1.71 bits per heavy atom. The second-order valence-corrected chi connectivity index (χ2v) is 7.10. The normalized spacial score (nSPS) is 11.7. The standard InChI is InChI=1S/C17H16BrCl3/c1-12-6-7-13(16(21)8-12)9-17(10-19,11-20)14-4-2-3-5-15(14)18/h2-8H,9-11H2,1H3. The molecule has 0 saturated carbocycles. The highest BCUT2D eigenvalue weighted by Crippen LogP contribution is 2.37. The van der Waals surface area contributed by atoms with E-state index in [1.807, 2.05) is 31.2 Å². The molecule has 0 saturated heterocycles. The molecule has 0 aliphatic rings. The molecule has 2 aromatic carbocycles. The fourth-order valence-corrected chi connectivity index (χ4v) is 4.19. The molecule has 0 atom stereocenters. The number of hydrogen-bond donors (Lipinski definition) is 0. The van der Waals surface area contributed by atoms with E-state index in [1.54, 1.807) is 0 Å². The lowest BCUT2D eigenvalue weighted by molar-refractivity contribution is 0.534. The van der Waals surface area contributed by atoms with Gasteiger partial charge in [0.25, 0.3) is 0 Å². The molecule has 112 valence electrons. The summed E-state index contributed by atoms with van der Waals surface area (Å²) in [5.41, 5.74) is 2.99. The van der Waals surface area contributed by atoms with Gasteiger partial charge in [0.15, 0.2) is 0 Å². The number of hydrogen-bond acceptors (Lipinski definition) is 0. The van der Waals surface area contributed by atoms with Gasteiger partial charge in [0, 0.05) is 26.7 Å². The highest BCUT2D eigenvalue weighted by Gasteiger charge is 2.33. The second kappa shape index (κ2) is 7.37. The summed E-state index contributed by atoms with van der Waals surface area (Å²) in [5, 5.41) is 0.765. The van der Waals surface area contributed by atoms with Crippen molar-refractivity contribution < 1.29 is 0 Å². The van der Waals surface area contributed by atoms with Crippen LogP contribution in [-0.4, -0.2) is 11.8 Å². The van der Waals surface area contributed by atoms with Crippen molar-refractivity contribution in [2.24, 2.45) is 0 Å². The smallest absolute Gasteiger partial charge is 0.0440 e. The lowest BCUT2D eigenvalue weighted by atomic mass is 9.78. The van der Waals surface area contributed by atoms with Crippen LogP contribution in [0, 0.1) is 6.92 Å². The minimum absolute atomic E-state index is 0.345. The Bertz CT molecular complexity index is 621. The van der Waals surface area contributed by atoms with E-state index in [-0.39, 0.29) is 5.41 Å². The van der Waals surface area contributed by atoms with Crippen LogP contribution in [0.2, 0.25) is 5.02 Å². The maximum absolute atomic E-state index is 6.38. The zero-order valence-electron chi connectivity index (χ0n) is 11.7. The van der Waals surface area contributed by atoms with Crippen LogP contribution in [0.15, 0.2) is 46.9 Å². The van der Waals surface area contributed by atoms with Crippen LogP contribution >= 0.6 is 50.7 Å². The third-order valence-electron chi connectivity index (χ3n) is 3.69. The van der Waals surface area contributed by atoms with Crippen LogP contribution in [0.25, 0.3) is 0 Å². The summed E-state index contributed by atoms with van der Waals surface area (Å²) in [7, 11) is 0. The molecule has 0 amide bonds. The van der Waals surface area contributed by atoms with Gasteiger partial charge in [0.05, 0.1) is 0 Å². The summed E-state index contributed by atoms with van der Waals surface area (Å²) in [4.78, 5) is 0. The van der Waals surface area contributed by atoms with Crippen molar-refractivity contribution >= 4 is 50.7 Å². The van der Waals surface area contributed by atoms with E-state index < -0.39 is 0 Å². The Balaban J connectivity index is 2.46. The topological polar surface area (TPSA) is 0 Å². The highest BCUT2D eigenvalue weighted by molar-refractivity contribution is 9.10. The molecule has 4 heteroatoms. The van der Waals surface area contributed by atoms with Crippen molar-refractivity contribution in [2.45, 2.75) is 18.8 Å². The monoisotopic (exact) mass is 404 g/mol. The van der Waals surface area contributed by atoms with Crippen LogP contribution in [0.3, 0.4) is 0 Å². The van der Waals surface area contributed by atoms with Gasteiger partial charge < -0.3 is 0 Å². The minimum Gasteiger partial charge on any atom is -0.126 e. The molecule has 0 aromatic heterocycles. The van der Waals surface area contributed by atoms with E-state index in [0.29, 0.717) is 18.2 Å². The number of benzene rings is 2. The van der Waals surface area contributed by atoms with Crippen molar-refractivity contribution in [3.05, 3.63) is 68.7 Å². The molecule has 0 bridgehead atoms. The van der Waals surface area contributed by atoms with Crippen molar-refractivity contribution in [1.82, 2.24) is 0 Å². The van der Waals surface area contributed by atoms with Crippen LogP contribution < -0.4 is 0 Å². The quantitative estimate of drug-likeness (QED) is 0.506. The molecule has 2 rings (SSSR count). The van der Waals surface area contributed by atoms with Crippen LogP contribution in [-0.2, 0) is 11.8 Å². The summed E-state index contributed by atoms with van der Waals surface area (Å²) in [6, 6.07) is 14.2. The molecule has 2 aromatic rings. The second-order valence-electron chi connectivity index (χ2n) is 5.30. The first-order chi connectivity index (χ1) is 10.0. The van der Waals surface area contributed by atoms with Crippen molar-refractivity contribution in [3.63, 3.8) is 0 Å². The minimum atomic E-state index is -0.345. The first-order valence-corrected chi connectivity index (χ1v) is 8.88. The van der Waals surface area contributed by atoms with Crippen molar-refractivity contribution in [1.29, 1.82) is 0 Å². The van der Waals surface area contributed by atoms with E-state index >= 15 is 0 Å². The average molecular weight is 407 g/mol. The molecule has 0 radical (unpaired) electrons. The molecule has 21 heavy (non-hydrogen) atoms. The van der Waals surface area contributed by atoms with Gasteiger partial charge in [-0.05, 0) is 42.2 Å². The summed E-state index contributed by atoms with van der Waals surface area (Å²) < 4.78 is 1.02. The maximum Gasteiger partial charge on any atom is 0.0440 e. The Morgan fingerprint density at radius 1 is 1.05 bits per heavy atom. The van der Waals surface area contributed by atoms with Gasteiger partial charge in [0.1, 0.15) is 0 Å². The average Bonchev–Trinajstić information content (AvgIpc) is 2.48. The Morgan fingerprint density at radius 3 is 2.29 bits per heavy atom. The van der Waals surface area contributed by atoms with Gasteiger partial charge in [-0.3, -0.25) is 0 Å². The Hall–Kier alpha value is -0.210. The van der Waals surface area contributed by atoms with Gasteiger partial charge in [-0.25, -0.2) is 0 Å². The zero-order valence-corrected chi connectivity index (χ0v) is 15.5. The molecule has 0 aliphatic carbocycles. The van der Waals surface area contributed by atoms with Crippen LogP contribution in [0.4, 0.5) is 0 Å². The largest absolute Gasteiger partial charge is 0.126 e. The molecule has 0 aliphatic heterocycles. The van der Waals surface area contributed by atoms with Crippen LogP contribution in [0.5, 0.6) is 0 Å². The van der Waals surface area contributed by atoms with E-state index in [0.717, 1.165) is 26.2 Å². The summed E-state index contributed by atoms with van der Waals surface area (Å²) in [6.45, 7) is 2.03. The molecular formula is C17H16BrCl3. The number of halogens is 4. The summed E-state index contributed by atoms with van der Waals surface area (Å²) in [6.07, 6.45) is 0.710. The van der Waals surface area contributed by atoms with Gasteiger partial charge in [0.2, 0.25) is 0 Å². The first-order valence-electron chi connectivity index (χ1n) is 6.64. The third-order valence-corrected chi connectivity index (χ3v) is 5.76. The van der Waals surface area contributed by atoms with E-state index in [4.69, 9.17) is 34.8 Å². The van der Waals surface area contributed by atoms with Crippen molar-refractivity contribution in [2.75, 3.05) is 11.8 Å². The van der Waals surface area contributed by atoms with Crippen LogP contribution in [0.1, 0.15) is 16.7 Å².